The van der Waals surface area contributed by atoms with Crippen LogP contribution in [0.25, 0.3) is 0 Å². The molecule has 0 atom stereocenters. The first-order valence-electron chi connectivity index (χ1n) is 3.28. The van der Waals surface area contributed by atoms with Gasteiger partial charge in [0, 0.05) is 14.5 Å². The minimum atomic E-state index is -0.783. The van der Waals surface area contributed by atoms with E-state index in [2.05, 4.69) is 31.9 Å². The number of hydrogen-bond donors (Lipinski definition) is 1. The lowest BCUT2D eigenvalue weighted by atomic mass is 10.2. The third-order valence-electron chi connectivity index (χ3n) is 1.20. The summed E-state index contributed by atoms with van der Waals surface area (Å²) in [7, 11) is 0. The molecule has 4 heteroatoms. The number of benzene rings is 1. The molecule has 0 aliphatic rings. The lowest BCUT2D eigenvalue weighted by Crippen LogP contribution is -1.93. The Morgan fingerprint density at radius 2 is 2.18 bits per heavy atom. The van der Waals surface area contributed by atoms with Crippen LogP contribution >= 0.6 is 31.9 Å². The molecular weight excluding hydrogens is 274 g/mol. The van der Waals surface area contributed by atoms with Gasteiger partial charge in [-0.05, 0) is 28.1 Å². The van der Waals surface area contributed by atoms with Crippen molar-refractivity contribution in [2.75, 3.05) is 5.73 Å². The molecule has 1 rings (SSSR count). The monoisotopic (exact) mass is 278 g/mol. The maximum absolute atomic E-state index is 10.7. The van der Waals surface area contributed by atoms with Crippen molar-refractivity contribution in [3.05, 3.63) is 26.6 Å². The van der Waals surface area contributed by atoms with Gasteiger partial charge < -0.3 is 5.73 Å². The summed E-state index contributed by atoms with van der Waals surface area (Å²) in [4.78, 5) is 10.7. The molecule has 0 heterocycles. The number of nitrogen functional groups attached to an aromatic ring is 1. The Bertz CT molecular complexity index is 340. The summed E-state index contributed by atoms with van der Waals surface area (Å²) in [6, 6.07) is 3.25. The Morgan fingerprint density at radius 1 is 1.55 bits per heavy atom. The number of halogens is 2. The number of hydrogen-bond acceptors (Lipinski definition) is 2. The minimum Gasteiger partial charge on any atom is -0.397 e. The third-order valence-corrected chi connectivity index (χ3v) is 2.32. The van der Waals surface area contributed by atoms with Crippen LogP contribution in [0, 0.1) is 0 Å². The molecular formula is C7H5Br2NO. The summed E-state index contributed by atoms with van der Waals surface area (Å²) < 4.78 is 8.23. The van der Waals surface area contributed by atoms with E-state index >= 15 is 0 Å². The van der Waals surface area contributed by atoms with Crippen LogP contribution in [0.1, 0.15) is 11.7 Å². The first-order chi connectivity index (χ1) is 5.52. The van der Waals surface area contributed by atoms with Gasteiger partial charge in [0.25, 0.3) is 0 Å². The lowest BCUT2D eigenvalue weighted by Gasteiger charge is -2.01. The van der Waals surface area contributed by atoms with E-state index in [0.29, 0.717) is 10.2 Å². The predicted octanol–water partition coefficient (Wildman–Crippen LogP) is 2.61. The molecule has 1 aromatic rings. The van der Waals surface area contributed by atoms with Gasteiger partial charge in [-0.25, -0.2) is 0 Å². The zero-order valence-corrected chi connectivity index (χ0v) is 8.57. The van der Waals surface area contributed by atoms with Gasteiger partial charge in [-0.2, -0.15) is 0 Å². The van der Waals surface area contributed by atoms with Gasteiger partial charge in [-0.1, -0.05) is 15.9 Å². The molecule has 1 aromatic carbocycles. The second-order valence-electron chi connectivity index (χ2n) is 1.95. The van der Waals surface area contributed by atoms with Crippen molar-refractivity contribution in [2.45, 2.75) is 0 Å². The first kappa shape index (κ1) is 7.31. The van der Waals surface area contributed by atoms with Crippen LogP contribution in [0.4, 0.5) is 5.69 Å². The molecule has 0 unspecified atom stereocenters. The number of aldehydes is 1. The normalized spacial score (nSPS) is 10.9. The highest BCUT2D eigenvalue weighted by Crippen LogP contribution is 2.26. The molecule has 2 N–H and O–H groups in total. The van der Waals surface area contributed by atoms with Crippen molar-refractivity contribution in [2.24, 2.45) is 0 Å². The molecule has 0 saturated carbocycles. The highest BCUT2D eigenvalue weighted by molar-refractivity contribution is 9.11. The van der Waals surface area contributed by atoms with Crippen LogP contribution < -0.4 is 5.73 Å². The molecule has 2 nitrogen and oxygen atoms in total. The number of nitrogens with two attached hydrogens (primary N) is 1. The van der Waals surface area contributed by atoms with Gasteiger partial charge in [-0.15, -0.1) is 0 Å². The first-order valence-corrected chi connectivity index (χ1v) is 4.36. The smallest absolute Gasteiger partial charge is 0.152 e. The van der Waals surface area contributed by atoms with E-state index < -0.39 is 6.26 Å². The molecule has 58 valence electrons. The second kappa shape index (κ2) is 3.36. The summed E-state index contributed by atoms with van der Waals surface area (Å²) in [5.41, 5.74) is 6.05. The van der Waals surface area contributed by atoms with Gasteiger partial charge in [0.2, 0.25) is 0 Å². The van der Waals surface area contributed by atoms with E-state index in [-0.39, 0.29) is 5.56 Å². The van der Waals surface area contributed by atoms with Crippen molar-refractivity contribution in [3.63, 3.8) is 0 Å². The lowest BCUT2D eigenvalue weighted by molar-refractivity contribution is 0.112. The van der Waals surface area contributed by atoms with Gasteiger partial charge >= 0.3 is 0 Å². The minimum absolute atomic E-state index is 0.205. The largest absolute Gasteiger partial charge is 0.397 e. The van der Waals surface area contributed by atoms with Crippen LogP contribution in [-0.2, 0) is 0 Å². The summed E-state index contributed by atoms with van der Waals surface area (Å²) in [5, 5.41) is 0. The Balaban J connectivity index is 3.37. The summed E-state index contributed by atoms with van der Waals surface area (Å²) >= 11 is 6.37. The summed E-state index contributed by atoms with van der Waals surface area (Å²) in [5.74, 6) is 0. The molecule has 0 aromatic heterocycles. The summed E-state index contributed by atoms with van der Waals surface area (Å²) in [6.45, 7) is 0. The van der Waals surface area contributed by atoms with Crippen molar-refractivity contribution in [3.8, 4) is 0 Å². The molecule has 0 aliphatic heterocycles. The van der Waals surface area contributed by atoms with Crippen molar-refractivity contribution >= 4 is 43.8 Å². The Kier molecular flexibility index (Phi) is 2.23. The fraction of sp³-hybridized carbons (Fsp3) is 0. The van der Waals surface area contributed by atoms with Crippen molar-refractivity contribution < 1.29 is 6.17 Å². The topological polar surface area (TPSA) is 43.1 Å². The zero-order chi connectivity index (χ0) is 9.30. The van der Waals surface area contributed by atoms with Crippen LogP contribution in [0.5, 0.6) is 0 Å². The fourth-order valence-corrected chi connectivity index (χ4v) is 1.89. The van der Waals surface area contributed by atoms with Gasteiger partial charge in [0.1, 0.15) is 1.37 Å². The molecule has 11 heavy (non-hydrogen) atoms. The van der Waals surface area contributed by atoms with Crippen LogP contribution in [-0.4, -0.2) is 6.26 Å². The van der Waals surface area contributed by atoms with Crippen molar-refractivity contribution in [1.29, 1.82) is 0 Å². The van der Waals surface area contributed by atoms with Gasteiger partial charge in [-0.3, -0.25) is 4.79 Å². The van der Waals surface area contributed by atoms with E-state index in [1.54, 1.807) is 6.07 Å². The maximum Gasteiger partial charge on any atom is 0.152 e. The van der Waals surface area contributed by atoms with Crippen LogP contribution in [0.2, 0.25) is 0 Å². The number of rotatable bonds is 1. The Labute approximate surface area is 82.4 Å². The standard InChI is InChI=1S/C7H5Br2NO/c8-5-1-4(3-11)7(10)6(9)2-5/h1-3H,10H2/i3D. The average molecular weight is 280 g/mol. The molecule has 0 amide bonds. The Morgan fingerprint density at radius 3 is 2.73 bits per heavy atom. The SMILES string of the molecule is [2H]C(=O)c1cc(Br)cc(Br)c1N. The molecule has 0 spiro atoms. The van der Waals surface area contributed by atoms with E-state index in [4.69, 9.17) is 7.10 Å². The van der Waals surface area contributed by atoms with E-state index in [9.17, 15) is 4.79 Å². The maximum atomic E-state index is 10.7. The molecule has 0 saturated heterocycles. The average Bonchev–Trinajstić information content (AvgIpc) is 1.96. The molecule has 0 fully saturated rings. The fourth-order valence-electron chi connectivity index (χ4n) is 0.669. The van der Waals surface area contributed by atoms with E-state index in [0.717, 1.165) is 4.47 Å². The number of carbonyl (C=O) groups excluding carboxylic acids is 1. The van der Waals surface area contributed by atoms with Gasteiger partial charge in [0.15, 0.2) is 6.26 Å². The highest BCUT2D eigenvalue weighted by atomic mass is 79.9. The molecule has 0 bridgehead atoms. The second-order valence-corrected chi connectivity index (χ2v) is 3.72. The van der Waals surface area contributed by atoms with Crippen LogP contribution in [0.3, 0.4) is 0 Å². The highest BCUT2D eigenvalue weighted by Gasteiger charge is 2.02. The summed E-state index contributed by atoms with van der Waals surface area (Å²) in [6.07, 6.45) is -0.783. The predicted molar refractivity (Wildman–Crippen MR) is 51.6 cm³/mol. The quantitative estimate of drug-likeness (QED) is 0.634. The van der Waals surface area contributed by atoms with E-state index in [1.807, 2.05) is 0 Å². The third kappa shape index (κ3) is 1.81. The Hall–Kier alpha value is -0.350. The van der Waals surface area contributed by atoms with E-state index in [1.165, 1.54) is 6.07 Å². The number of anilines is 1. The van der Waals surface area contributed by atoms with Crippen LogP contribution in [0.15, 0.2) is 21.1 Å². The van der Waals surface area contributed by atoms with Crippen molar-refractivity contribution in [1.82, 2.24) is 0 Å². The van der Waals surface area contributed by atoms with Gasteiger partial charge in [0.05, 0.1) is 5.69 Å². The zero-order valence-electron chi connectivity index (χ0n) is 6.40. The molecule has 0 radical (unpaired) electrons. The molecule has 0 aliphatic carbocycles. The number of carbonyl (C=O) groups is 1.